The van der Waals surface area contributed by atoms with E-state index in [0.717, 1.165) is 10.7 Å². The minimum Gasteiger partial charge on any atom is -0.268 e. The highest BCUT2D eigenvalue weighted by Crippen LogP contribution is 2.15. The van der Waals surface area contributed by atoms with Crippen LogP contribution in [0.3, 0.4) is 0 Å². The summed E-state index contributed by atoms with van der Waals surface area (Å²) >= 11 is 3.16. The molecule has 0 spiro atoms. The van der Waals surface area contributed by atoms with Gasteiger partial charge in [0.05, 0.1) is 6.54 Å². The fraction of sp³-hybridized carbons (Fsp3) is 0.0909. The van der Waals surface area contributed by atoms with Crippen LogP contribution in [0.2, 0.25) is 0 Å². The first-order chi connectivity index (χ1) is 8.04. The minimum atomic E-state index is -0.402. The Bertz CT molecular complexity index is 643. The topological polar surface area (TPSA) is 54.9 Å². The molecule has 0 saturated heterocycles. The summed E-state index contributed by atoms with van der Waals surface area (Å²) in [6.07, 6.45) is 0. The molecule has 0 fully saturated rings. The Kier molecular flexibility index (Phi) is 3.23. The molecule has 1 aromatic carbocycles. The molecule has 0 aliphatic carbocycles. The molecule has 1 heterocycles. The van der Waals surface area contributed by atoms with Gasteiger partial charge in [-0.1, -0.05) is 15.9 Å². The van der Waals surface area contributed by atoms with E-state index in [-0.39, 0.29) is 17.7 Å². The highest BCUT2D eigenvalue weighted by atomic mass is 79.9. The fourth-order valence-corrected chi connectivity index (χ4v) is 1.98. The average Bonchev–Trinajstić information content (AvgIpc) is 2.22. The third-order valence-electron chi connectivity index (χ3n) is 2.15. The maximum Gasteiger partial charge on any atom is 0.265 e. The first-order valence-electron chi connectivity index (χ1n) is 4.80. The van der Waals surface area contributed by atoms with E-state index in [1.807, 2.05) is 0 Å². The van der Waals surface area contributed by atoms with Crippen molar-refractivity contribution >= 4 is 15.9 Å². The molecule has 0 saturated carbocycles. The third-order valence-corrected chi connectivity index (χ3v) is 2.61. The first kappa shape index (κ1) is 11.8. The summed E-state index contributed by atoms with van der Waals surface area (Å²) in [5.41, 5.74) is -0.133. The number of H-pyrrole nitrogens is 1. The van der Waals surface area contributed by atoms with Gasteiger partial charge in [0.15, 0.2) is 0 Å². The number of hydrogen-bond donors (Lipinski definition) is 1. The summed E-state index contributed by atoms with van der Waals surface area (Å²) in [5.74, 6) is -0.402. The van der Waals surface area contributed by atoms with Gasteiger partial charge in [-0.3, -0.25) is 14.7 Å². The van der Waals surface area contributed by atoms with Crippen molar-refractivity contribution in [2.45, 2.75) is 6.54 Å². The van der Waals surface area contributed by atoms with Gasteiger partial charge in [-0.05, 0) is 23.8 Å². The molecule has 2 aromatic rings. The molecule has 0 bridgehead atoms. The molecular formula is C11H8BrFN2O2. The molecule has 0 aliphatic rings. The minimum absolute atomic E-state index is 0.116. The van der Waals surface area contributed by atoms with Crippen LogP contribution >= 0.6 is 15.9 Å². The summed E-state index contributed by atoms with van der Waals surface area (Å²) in [5, 5.41) is 2.37. The van der Waals surface area contributed by atoms with E-state index in [4.69, 9.17) is 0 Å². The average molecular weight is 299 g/mol. The van der Waals surface area contributed by atoms with E-state index in [0.29, 0.717) is 10.0 Å². The maximum absolute atomic E-state index is 13.1. The predicted octanol–water partition coefficient (Wildman–Crippen LogP) is 1.49. The molecule has 4 nitrogen and oxygen atoms in total. The lowest BCUT2D eigenvalue weighted by Gasteiger charge is -2.05. The van der Waals surface area contributed by atoms with Gasteiger partial charge in [0.25, 0.3) is 11.1 Å². The second kappa shape index (κ2) is 4.67. The number of aromatic amines is 1. The molecule has 1 N–H and O–H groups in total. The van der Waals surface area contributed by atoms with E-state index in [2.05, 4.69) is 21.0 Å². The number of halogens is 2. The normalized spacial score (nSPS) is 10.5. The molecule has 0 amide bonds. The zero-order valence-electron chi connectivity index (χ0n) is 8.61. The monoisotopic (exact) mass is 298 g/mol. The molecular weight excluding hydrogens is 291 g/mol. The molecule has 0 unspecified atom stereocenters. The Morgan fingerprint density at radius 1 is 1.24 bits per heavy atom. The molecule has 6 heteroatoms. The van der Waals surface area contributed by atoms with Gasteiger partial charge in [-0.25, -0.2) is 9.07 Å². The van der Waals surface area contributed by atoms with E-state index >= 15 is 0 Å². The Morgan fingerprint density at radius 3 is 2.71 bits per heavy atom. The highest BCUT2D eigenvalue weighted by Gasteiger charge is 2.02. The number of aromatic nitrogens is 2. The van der Waals surface area contributed by atoms with E-state index in [1.54, 1.807) is 6.07 Å². The molecule has 1 aromatic heterocycles. The summed E-state index contributed by atoms with van der Waals surface area (Å²) in [6, 6.07) is 6.64. The maximum atomic E-state index is 13.1. The lowest BCUT2D eigenvalue weighted by atomic mass is 10.2. The van der Waals surface area contributed by atoms with Crippen LogP contribution in [0, 0.1) is 5.82 Å². The lowest BCUT2D eigenvalue weighted by Crippen LogP contribution is -2.28. The van der Waals surface area contributed by atoms with Crippen LogP contribution in [0.25, 0.3) is 0 Å². The van der Waals surface area contributed by atoms with Gasteiger partial charge < -0.3 is 0 Å². The van der Waals surface area contributed by atoms with Crippen molar-refractivity contribution in [3.63, 3.8) is 0 Å². The number of nitrogens with zero attached hydrogens (tertiary/aromatic N) is 1. The molecule has 0 radical (unpaired) electrons. The zero-order valence-corrected chi connectivity index (χ0v) is 10.2. The van der Waals surface area contributed by atoms with E-state index < -0.39 is 5.82 Å². The zero-order chi connectivity index (χ0) is 12.4. The van der Waals surface area contributed by atoms with Gasteiger partial charge in [-0.15, -0.1) is 0 Å². The van der Waals surface area contributed by atoms with Crippen LogP contribution in [-0.4, -0.2) is 9.78 Å². The summed E-state index contributed by atoms with van der Waals surface area (Å²) in [4.78, 5) is 22.5. The van der Waals surface area contributed by atoms with Crippen LogP contribution in [0.5, 0.6) is 0 Å². The fourth-order valence-electron chi connectivity index (χ4n) is 1.46. The van der Waals surface area contributed by atoms with Crippen LogP contribution in [0.4, 0.5) is 4.39 Å². The Balaban J connectivity index is 2.41. The van der Waals surface area contributed by atoms with Crippen molar-refractivity contribution in [2.24, 2.45) is 0 Å². The smallest absolute Gasteiger partial charge is 0.265 e. The van der Waals surface area contributed by atoms with Gasteiger partial charge in [-0.2, -0.15) is 0 Å². The molecule has 2 rings (SSSR count). The Labute approximate surface area is 104 Å². The Hall–Kier alpha value is -1.69. The molecule has 88 valence electrons. The van der Waals surface area contributed by atoms with Gasteiger partial charge in [0, 0.05) is 16.6 Å². The largest absolute Gasteiger partial charge is 0.268 e. The van der Waals surface area contributed by atoms with Crippen LogP contribution in [0.15, 0.2) is 44.4 Å². The number of nitrogens with one attached hydrogen (secondary N) is 1. The lowest BCUT2D eigenvalue weighted by molar-refractivity contribution is 0.605. The summed E-state index contributed by atoms with van der Waals surface area (Å²) < 4.78 is 14.8. The standard InChI is InChI=1S/C11H8BrFN2O2/c12-8-3-7(4-9(13)5-8)6-15-11(17)2-1-10(16)14-15/h1-5H,6H2,(H,14,16). The second-order valence-corrected chi connectivity index (χ2v) is 4.43. The van der Waals surface area contributed by atoms with Crippen molar-refractivity contribution < 1.29 is 4.39 Å². The van der Waals surface area contributed by atoms with Crippen LogP contribution in [0.1, 0.15) is 5.56 Å². The van der Waals surface area contributed by atoms with Crippen molar-refractivity contribution in [1.82, 2.24) is 9.78 Å². The number of rotatable bonds is 2. The quantitative estimate of drug-likeness (QED) is 0.913. The predicted molar refractivity (Wildman–Crippen MR) is 64.5 cm³/mol. The SMILES string of the molecule is O=c1ccc(=O)n(Cc2cc(F)cc(Br)c2)[nH]1. The number of hydrogen-bond acceptors (Lipinski definition) is 2. The molecule has 0 atom stereocenters. The first-order valence-corrected chi connectivity index (χ1v) is 5.59. The van der Waals surface area contributed by atoms with Gasteiger partial charge in [0.1, 0.15) is 5.82 Å². The van der Waals surface area contributed by atoms with Gasteiger partial charge >= 0.3 is 0 Å². The highest BCUT2D eigenvalue weighted by molar-refractivity contribution is 9.10. The van der Waals surface area contributed by atoms with Crippen molar-refractivity contribution in [1.29, 1.82) is 0 Å². The third kappa shape index (κ3) is 2.91. The van der Waals surface area contributed by atoms with E-state index in [1.165, 1.54) is 18.2 Å². The summed E-state index contributed by atoms with van der Waals surface area (Å²) in [7, 11) is 0. The Morgan fingerprint density at radius 2 is 2.00 bits per heavy atom. The van der Waals surface area contributed by atoms with Crippen LogP contribution < -0.4 is 11.1 Å². The molecule has 17 heavy (non-hydrogen) atoms. The summed E-state index contributed by atoms with van der Waals surface area (Å²) in [6.45, 7) is 0.116. The molecule has 0 aliphatic heterocycles. The van der Waals surface area contributed by atoms with Crippen molar-refractivity contribution in [3.05, 3.63) is 66.9 Å². The van der Waals surface area contributed by atoms with Crippen molar-refractivity contribution in [2.75, 3.05) is 0 Å². The van der Waals surface area contributed by atoms with Crippen LogP contribution in [-0.2, 0) is 6.54 Å². The van der Waals surface area contributed by atoms with Crippen molar-refractivity contribution in [3.8, 4) is 0 Å². The van der Waals surface area contributed by atoms with E-state index in [9.17, 15) is 14.0 Å². The van der Waals surface area contributed by atoms with Gasteiger partial charge in [0.2, 0.25) is 0 Å². The second-order valence-electron chi connectivity index (χ2n) is 3.51. The number of benzene rings is 1.